The molecule has 1 amide bonds. The number of hydrogen-bond donors (Lipinski definition) is 2. The van der Waals surface area contributed by atoms with Gasteiger partial charge in [-0.2, -0.15) is 0 Å². The van der Waals surface area contributed by atoms with Gasteiger partial charge in [0.05, 0.1) is 6.54 Å². The summed E-state index contributed by atoms with van der Waals surface area (Å²) in [6, 6.07) is 9.28. The fraction of sp³-hybridized carbons (Fsp3) is 0.267. The number of aryl methyl sites for hydroxylation is 2. The molecule has 0 saturated carbocycles. The smallest absolute Gasteiger partial charge is 0.251 e. The van der Waals surface area contributed by atoms with Crippen LogP contribution in [-0.4, -0.2) is 5.91 Å². The molecule has 4 heteroatoms. The minimum Gasteiger partial charge on any atom is -0.399 e. The van der Waals surface area contributed by atoms with E-state index in [-0.39, 0.29) is 5.91 Å². The molecule has 2 aromatic rings. The zero-order chi connectivity index (χ0) is 13.2. The third kappa shape index (κ3) is 2.63. The number of fused-ring (bicyclic) bond motifs is 1. The Balaban J connectivity index is 1.64. The van der Waals surface area contributed by atoms with E-state index in [4.69, 9.17) is 5.73 Å². The maximum Gasteiger partial charge on any atom is 0.251 e. The van der Waals surface area contributed by atoms with Crippen LogP contribution in [0.1, 0.15) is 32.1 Å². The van der Waals surface area contributed by atoms with Crippen LogP contribution in [0.5, 0.6) is 0 Å². The van der Waals surface area contributed by atoms with E-state index in [9.17, 15) is 4.79 Å². The number of thiophene rings is 1. The van der Waals surface area contributed by atoms with E-state index in [0.29, 0.717) is 17.8 Å². The SMILES string of the molecule is Nc1cccc(C(=O)NCc2cc3c(s2)CCC3)c1. The third-order valence-corrected chi connectivity index (χ3v) is 4.61. The summed E-state index contributed by atoms with van der Waals surface area (Å²) in [5, 5.41) is 2.95. The molecule has 0 bridgehead atoms. The van der Waals surface area contributed by atoms with Crippen molar-refractivity contribution in [2.24, 2.45) is 0 Å². The molecule has 0 spiro atoms. The summed E-state index contributed by atoms with van der Waals surface area (Å²) >= 11 is 1.82. The lowest BCUT2D eigenvalue weighted by Crippen LogP contribution is -2.22. The maximum atomic E-state index is 12.0. The van der Waals surface area contributed by atoms with Gasteiger partial charge in [-0.25, -0.2) is 0 Å². The Morgan fingerprint density at radius 1 is 1.32 bits per heavy atom. The van der Waals surface area contributed by atoms with E-state index in [1.807, 2.05) is 11.3 Å². The van der Waals surface area contributed by atoms with Crippen molar-refractivity contribution in [1.29, 1.82) is 0 Å². The molecule has 0 fully saturated rings. The van der Waals surface area contributed by atoms with Crippen LogP contribution in [0, 0.1) is 0 Å². The minimum atomic E-state index is -0.0686. The molecule has 1 aliphatic rings. The van der Waals surface area contributed by atoms with Crippen LogP contribution < -0.4 is 11.1 Å². The molecule has 0 radical (unpaired) electrons. The van der Waals surface area contributed by atoms with E-state index in [0.717, 1.165) is 0 Å². The van der Waals surface area contributed by atoms with E-state index >= 15 is 0 Å². The molecule has 3 rings (SSSR count). The van der Waals surface area contributed by atoms with Crippen molar-refractivity contribution in [3.63, 3.8) is 0 Å². The van der Waals surface area contributed by atoms with Crippen molar-refractivity contribution in [1.82, 2.24) is 5.32 Å². The third-order valence-electron chi connectivity index (χ3n) is 3.37. The predicted octanol–water partition coefficient (Wildman–Crippen LogP) is 2.75. The second-order valence-electron chi connectivity index (χ2n) is 4.82. The van der Waals surface area contributed by atoms with Crippen molar-refractivity contribution in [2.45, 2.75) is 25.8 Å². The average Bonchev–Trinajstić information content (AvgIpc) is 2.96. The number of rotatable bonds is 3. The first-order chi connectivity index (χ1) is 9.22. The summed E-state index contributed by atoms with van der Waals surface area (Å²) in [6.45, 7) is 0.602. The van der Waals surface area contributed by atoms with Crippen LogP contribution in [-0.2, 0) is 19.4 Å². The summed E-state index contributed by atoms with van der Waals surface area (Å²) in [7, 11) is 0. The van der Waals surface area contributed by atoms with Crippen molar-refractivity contribution < 1.29 is 4.79 Å². The maximum absolute atomic E-state index is 12.0. The van der Waals surface area contributed by atoms with Gasteiger partial charge < -0.3 is 11.1 Å². The fourth-order valence-corrected chi connectivity index (χ4v) is 3.63. The minimum absolute atomic E-state index is 0.0686. The lowest BCUT2D eigenvalue weighted by Gasteiger charge is -2.04. The van der Waals surface area contributed by atoms with Gasteiger partial charge >= 0.3 is 0 Å². The normalized spacial score (nSPS) is 13.3. The largest absolute Gasteiger partial charge is 0.399 e. The quantitative estimate of drug-likeness (QED) is 0.844. The molecule has 1 aromatic carbocycles. The highest BCUT2D eigenvalue weighted by Crippen LogP contribution is 2.30. The molecule has 0 saturated heterocycles. The molecular weight excluding hydrogens is 256 g/mol. The Hall–Kier alpha value is -1.81. The summed E-state index contributed by atoms with van der Waals surface area (Å²) in [5.74, 6) is -0.0686. The zero-order valence-electron chi connectivity index (χ0n) is 10.6. The van der Waals surface area contributed by atoms with Gasteiger partial charge in [0, 0.05) is 21.0 Å². The Morgan fingerprint density at radius 3 is 3.00 bits per heavy atom. The Bertz CT molecular complexity index is 597. The molecular formula is C15H16N2OS. The summed E-state index contributed by atoms with van der Waals surface area (Å²) in [6.07, 6.45) is 3.66. The fourth-order valence-electron chi connectivity index (χ4n) is 2.43. The first-order valence-electron chi connectivity index (χ1n) is 6.46. The first-order valence-corrected chi connectivity index (χ1v) is 7.28. The van der Waals surface area contributed by atoms with E-state index < -0.39 is 0 Å². The van der Waals surface area contributed by atoms with Gasteiger partial charge in [0.2, 0.25) is 0 Å². The molecule has 0 aliphatic heterocycles. The molecule has 3 nitrogen and oxygen atoms in total. The number of hydrogen-bond acceptors (Lipinski definition) is 3. The molecule has 98 valence electrons. The highest BCUT2D eigenvalue weighted by atomic mass is 32.1. The van der Waals surface area contributed by atoms with Crippen molar-refractivity contribution >= 4 is 22.9 Å². The van der Waals surface area contributed by atoms with E-state index in [1.54, 1.807) is 24.3 Å². The summed E-state index contributed by atoms with van der Waals surface area (Å²) in [4.78, 5) is 14.7. The number of benzene rings is 1. The Kier molecular flexibility index (Phi) is 3.25. The number of anilines is 1. The van der Waals surface area contributed by atoms with Gasteiger partial charge in [-0.1, -0.05) is 6.07 Å². The second-order valence-corrected chi connectivity index (χ2v) is 6.04. The van der Waals surface area contributed by atoms with E-state index in [1.165, 1.54) is 34.6 Å². The predicted molar refractivity (Wildman–Crippen MR) is 78.4 cm³/mol. The molecule has 0 unspecified atom stereocenters. The van der Waals surface area contributed by atoms with Crippen molar-refractivity contribution in [3.05, 3.63) is 51.2 Å². The number of nitrogens with two attached hydrogens (primary N) is 1. The second kappa shape index (κ2) is 5.05. The van der Waals surface area contributed by atoms with Crippen LogP contribution in [0.15, 0.2) is 30.3 Å². The highest BCUT2D eigenvalue weighted by molar-refractivity contribution is 7.12. The lowest BCUT2D eigenvalue weighted by atomic mass is 10.2. The van der Waals surface area contributed by atoms with Crippen LogP contribution in [0.2, 0.25) is 0 Å². The Morgan fingerprint density at radius 2 is 2.21 bits per heavy atom. The lowest BCUT2D eigenvalue weighted by molar-refractivity contribution is 0.0951. The topological polar surface area (TPSA) is 55.1 Å². The standard InChI is InChI=1S/C15H16N2OS/c16-12-5-1-4-11(7-12)15(18)17-9-13-8-10-3-2-6-14(10)19-13/h1,4-5,7-8H,2-3,6,9,16H2,(H,17,18). The summed E-state index contributed by atoms with van der Waals surface area (Å²) in [5.41, 5.74) is 8.37. The van der Waals surface area contributed by atoms with Gasteiger partial charge in [0.1, 0.15) is 0 Å². The first kappa shape index (κ1) is 12.2. The summed E-state index contributed by atoms with van der Waals surface area (Å²) < 4.78 is 0. The molecule has 1 aromatic heterocycles. The van der Waals surface area contributed by atoms with Gasteiger partial charge in [0.25, 0.3) is 5.91 Å². The van der Waals surface area contributed by atoms with Gasteiger partial charge in [-0.05, 0) is 49.1 Å². The monoisotopic (exact) mass is 272 g/mol. The molecule has 19 heavy (non-hydrogen) atoms. The van der Waals surface area contributed by atoms with Gasteiger partial charge in [-0.3, -0.25) is 4.79 Å². The Labute approximate surface area is 116 Å². The zero-order valence-corrected chi connectivity index (χ0v) is 11.4. The van der Waals surface area contributed by atoms with Crippen LogP contribution >= 0.6 is 11.3 Å². The number of nitrogens with one attached hydrogen (secondary N) is 1. The molecule has 1 heterocycles. The van der Waals surface area contributed by atoms with Crippen molar-refractivity contribution in [3.8, 4) is 0 Å². The number of amides is 1. The highest BCUT2D eigenvalue weighted by Gasteiger charge is 2.15. The number of carbonyl (C=O) groups is 1. The van der Waals surface area contributed by atoms with Crippen LogP contribution in [0.3, 0.4) is 0 Å². The molecule has 0 atom stereocenters. The van der Waals surface area contributed by atoms with Crippen LogP contribution in [0.25, 0.3) is 0 Å². The average molecular weight is 272 g/mol. The number of carbonyl (C=O) groups excluding carboxylic acids is 1. The van der Waals surface area contributed by atoms with Crippen LogP contribution in [0.4, 0.5) is 5.69 Å². The molecule has 3 N–H and O–H groups in total. The van der Waals surface area contributed by atoms with E-state index in [2.05, 4.69) is 11.4 Å². The van der Waals surface area contributed by atoms with Crippen molar-refractivity contribution in [2.75, 3.05) is 5.73 Å². The number of nitrogen functional groups attached to an aromatic ring is 1. The van der Waals surface area contributed by atoms with Gasteiger partial charge in [-0.15, -0.1) is 11.3 Å². The van der Waals surface area contributed by atoms with Gasteiger partial charge in [0.15, 0.2) is 0 Å². The molecule has 1 aliphatic carbocycles.